The molecular weight excluding hydrogens is 318 g/mol. The molecule has 1 heterocycles. The number of para-hydroxylation sites is 2. The summed E-state index contributed by atoms with van der Waals surface area (Å²) in [6, 6.07) is 14.7. The van der Waals surface area contributed by atoms with Crippen molar-refractivity contribution in [1.29, 1.82) is 0 Å². The van der Waals surface area contributed by atoms with Gasteiger partial charge in [0.05, 0.1) is 24.0 Å². The first-order valence-electron chi connectivity index (χ1n) is 7.87. The van der Waals surface area contributed by atoms with Crippen molar-refractivity contribution in [3.63, 3.8) is 0 Å². The maximum Gasteiger partial charge on any atom is 0.244 e. The smallest absolute Gasteiger partial charge is 0.244 e. The number of methoxy groups -OCH3 is 1. The second-order valence-electron chi connectivity index (χ2n) is 5.61. The molecule has 0 bridgehead atoms. The molecule has 0 unspecified atom stereocenters. The molecule has 3 rings (SSSR count). The molecule has 0 saturated heterocycles. The maximum absolute atomic E-state index is 12.4. The minimum atomic E-state index is -0.160. The van der Waals surface area contributed by atoms with Gasteiger partial charge in [0.2, 0.25) is 11.8 Å². The summed E-state index contributed by atoms with van der Waals surface area (Å²) in [4.78, 5) is 23.7. The molecule has 128 valence electrons. The lowest BCUT2D eigenvalue weighted by atomic mass is 10.2. The van der Waals surface area contributed by atoms with Gasteiger partial charge in [0.1, 0.15) is 12.3 Å². The molecule has 3 aromatic rings. The van der Waals surface area contributed by atoms with Gasteiger partial charge in [0.25, 0.3) is 0 Å². The number of ether oxygens (including phenoxy) is 1. The highest BCUT2D eigenvalue weighted by Gasteiger charge is 2.11. The number of rotatable bonds is 5. The van der Waals surface area contributed by atoms with E-state index in [4.69, 9.17) is 4.74 Å². The SMILES string of the molecule is COc1ccccc1NC(=O)Cn1ccc2c(NC(C)=O)cccc21. The Morgan fingerprint density at radius 1 is 1.00 bits per heavy atom. The molecule has 1 aromatic heterocycles. The number of nitrogens with one attached hydrogen (secondary N) is 2. The number of hydrogen-bond donors (Lipinski definition) is 2. The fourth-order valence-corrected chi connectivity index (χ4v) is 2.75. The second kappa shape index (κ2) is 7.09. The monoisotopic (exact) mass is 337 g/mol. The zero-order valence-corrected chi connectivity index (χ0v) is 14.1. The van der Waals surface area contributed by atoms with Crippen molar-refractivity contribution in [2.75, 3.05) is 17.7 Å². The zero-order valence-electron chi connectivity index (χ0n) is 14.1. The number of aromatic nitrogens is 1. The Kier molecular flexibility index (Phi) is 4.70. The molecule has 0 aliphatic rings. The molecule has 0 radical (unpaired) electrons. The number of fused-ring (bicyclic) bond motifs is 1. The van der Waals surface area contributed by atoms with Crippen LogP contribution in [0.1, 0.15) is 6.92 Å². The molecule has 0 atom stereocenters. The highest BCUT2D eigenvalue weighted by molar-refractivity contribution is 6.01. The predicted octanol–water partition coefficient (Wildman–Crippen LogP) is 3.25. The van der Waals surface area contributed by atoms with Crippen molar-refractivity contribution < 1.29 is 14.3 Å². The zero-order chi connectivity index (χ0) is 17.8. The number of amides is 2. The van der Waals surface area contributed by atoms with Crippen LogP contribution >= 0.6 is 0 Å². The highest BCUT2D eigenvalue weighted by Crippen LogP contribution is 2.25. The van der Waals surface area contributed by atoms with Crippen molar-refractivity contribution in [2.45, 2.75) is 13.5 Å². The summed E-state index contributed by atoms with van der Waals surface area (Å²) in [7, 11) is 1.56. The quantitative estimate of drug-likeness (QED) is 0.751. The Balaban J connectivity index is 1.81. The largest absolute Gasteiger partial charge is 0.495 e. The molecule has 6 heteroatoms. The summed E-state index contributed by atoms with van der Waals surface area (Å²) < 4.78 is 7.08. The van der Waals surface area contributed by atoms with Crippen molar-refractivity contribution in [1.82, 2.24) is 4.57 Å². The normalized spacial score (nSPS) is 10.5. The van der Waals surface area contributed by atoms with E-state index in [0.29, 0.717) is 11.4 Å². The lowest BCUT2D eigenvalue weighted by Crippen LogP contribution is -2.18. The topological polar surface area (TPSA) is 72.4 Å². The van der Waals surface area contributed by atoms with Crippen LogP contribution in [-0.4, -0.2) is 23.5 Å². The summed E-state index contributed by atoms with van der Waals surface area (Å²) in [5, 5.41) is 6.55. The molecule has 2 aromatic carbocycles. The lowest BCUT2D eigenvalue weighted by molar-refractivity contribution is -0.116. The molecule has 0 spiro atoms. The van der Waals surface area contributed by atoms with Crippen molar-refractivity contribution in [3.05, 3.63) is 54.7 Å². The summed E-state index contributed by atoms with van der Waals surface area (Å²) in [6.45, 7) is 1.63. The second-order valence-corrected chi connectivity index (χ2v) is 5.61. The van der Waals surface area contributed by atoms with E-state index < -0.39 is 0 Å². The van der Waals surface area contributed by atoms with Crippen LogP contribution < -0.4 is 15.4 Å². The molecule has 0 aliphatic carbocycles. The van der Waals surface area contributed by atoms with Gasteiger partial charge in [-0.15, -0.1) is 0 Å². The van der Waals surface area contributed by atoms with E-state index in [9.17, 15) is 9.59 Å². The summed E-state index contributed by atoms with van der Waals surface area (Å²) in [6.07, 6.45) is 1.83. The molecule has 25 heavy (non-hydrogen) atoms. The van der Waals surface area contributed by atoms with Crippen LogP contribution in [0.5, 0.6) is 5.75 Å². The van der Waals surface area contributed by atoms with Crippen LogP contribution in [0.15, 0.2) is 54.7 Å². The first kappa shape index (κ1) is 16.6. The van der Waals surface area contributed by atoms with Crippen LogP contribution in [0.25, 0.3) is 10.9 Å². The van der Waals surface area contributed by atoms with Crippen LogP contribution in [0.4, 0.5) is 11.4 Å². The van der Waals surface area contributed by atoms with E-state index in [1.165, 1.54) is 6.92 Å². The van der Waals surface area contributed by atoms with Crippen molar-refractivity contribution in [2.24, 2.45) is 0 Å². The van der Waals surface area contributed by atoms with E-state index in [1.54, 1.807) is 19.2 Å². The minimum Gasteiger partial charge on any atom is -0.495 e. The standard InChI is InChI=1S/C19H19N3O3/c1-13(23)20-15-7-5-8-17-14(15)10-11-22(17)12-19(24)21-16-6-3-4-9-18(16)25-2/h3-11H,12H2,1-2H3,(H,20,23)(H,21,24). The van der Waals surface area contributed by atoms with Crippen LogP contribution in [0, 0.1) is 0 Å². The fraction of sp³-hybridized carbons (Fsp3) is 0.158. The Hall–Kier alpha value is -3.28. The Labute approximate surface area is 145 Å². The molecule has 0 saturated carbocycles. The molecule has 0 aliphatic heterocycles. The van der Waals surface area contributed by atoms with Gasteiger partial charge in [0, 0.05) is 18.5 Å². The Bertz CT molecular complexity index is 931. The van der Waals surface area contributed by atoms with Crippen LogP contribution in [0.3, 0.4) is 0 Å². The van der Waals surface area contributed by atoms with Gasteiger partial charge in [0.15, 0.2) is 0 Å². The average Bonchev–Trinajstić information content (AvgIpc) is 2.99. The lowest BCUT2D eigenvalue weighted by Gasteiger charge is -2.11. The van der Waals surface area contributed by atoms with Crippen molar-refractivity contribution in [3.8, 4) is 5.75 Å². The van der Waals surface area contributed by atoms with Gasteiger partial charge in [-0.2, -0.15) is 0 Å². The minimum absolute atomic E-state index is 0.130. The van der Waals surface area contributed by atoms with Gasteiger partial charge in [-0.05, 0) is 30.3 Å². The fourth-order valence-electron chi connectivity index (χ4n) is 2.75. The number of hydrogen-bond acceptors (Lipinski definition) is 3. The number of carbonyl (C=O) groups excluding carboxylic acids is 2. The molecule has 0 fully saturated rings. The van der Waals surface area contributed by atoms with Crippen LogP contribution in [-0.2, 0) is 16.1 Å². The third-order valence-electron chi connectivity index (χ3n) is 3.82. The number of benzene rings is 2. The number of anilines is 2. The highest BCUT2D eigenvalue weighted by atomic mass is 16.5. The summed E-state index contributed by atoms with van der Waals surface area (Å²) >= 11 is 0. The first-order chi connectivity index (χ1) is 12.1. The Morgan fingerprint density at radius 3 is 2.52 bits per heavy atom. The third kappa shape index (κ3) is 3.63. The molecule has 2 N–H and O–H groups in total. The van der Waals surface area contributed by atoms with E-state index >= 15 is 0 Å². The van der Waals surface area contributed by atoms with E-state index in [1.807, 2.05) is 47.2 Å². The van der Waals surface area contributed by atoms with Crippen LogP contribution in [0.2, 0.25) is 0 Å². The summed E-state index contributed by atoms with van der Waals surface area (Å²) in [5.41, 5.74) is 2.24. The molecule has 6 nitrogen and oxygen atoms in total. The van der Waals surface area contributed by atoms with Gasteiger partial charge < -0.3 is 19.9 Å². The third-order valence-corrected chi connectivity index (χ3v) is 3.82. The Morgan fingerprint density at radius 2 is 1.76 bits per heavy atom. The predicted molar refractivity (Wildman–Crippen MR) is 97.9 cm³/mol. The van der Waals surface area contributed by atoms with Gasteiger partial charge in [-0.1, -0.05) is 18.2 Å². The maximum atomic E-state index is 12.4. The summed E-state index contributed by atoms with van der Waals surface area (Å²) in [5.74, 6) is 0.322. The average molecular weight is 337 g/mol. The molecule has 2 amide bonds. The van der Waals surface area contributed by atoms with E-state index in [2.05, 4.69) is 10.6 Å². The molecular formula is C19H19N3O3. The van der Waals surface area contributed by atoms with Gasteiger partial charge in [-0.3, -0.25) is 9.59 Å². The number of nitrogens with zero attached hydrogens (tertiary/aromatic N) is 1. The first-order valence-corrected chi connectivity index (χ1v) is 7.87. The van der Waals surface area contributed by atoms with E-state index in [0.717, 1.165) is 16.6 Å². The van der Waals surface area contributed by atoms with E-state index in [-0.39, 0.29) is 18.4 Å². The van der Waals surface area contributed by atoms with Gasteiger partial charge in [-0.25, -0.2) is 0 Å². The van der Waals surface area contributed by atoms with Crippen molar-refractivity contribution >= 4 is 34.1 Å². The van der Waals surface area contributed by atoms with Gasteiger partial charge >= 0.3 is 0 Å². The number of carbonyl (C=O) groups is 2.